The van der Waals surface area contributed by atoms with E-state index in [1.54, 1.807) is 0 Å². The lowest BCUT2D eigenvalue weighted by Crippen LogP contribution is -2.44. The van der Waals surface area contributed by atoms with Gasteiger partial charge in [-0.2, -0.15) is 0 Å². The number of hydrogen-bond acceptors (Lipinski definition) is 4. The molecule has 1 aromatic carbocycles. The third kappa shape index (κ3) is 4.85. The molecule has 0 aliphatic heterocycles. The van der Waals surface area contributed by atoms with Crippen molar-refractivity contribution < 1.29 is 14.0 Å². The highest BCUT2D eigenvalue weighted by molar-refractivity contribution is 8.00. The van der Waals surface area contributed by atoms with Crippen molar-refractivity contribution in [2.75, 3.05) is 11.5 Å². The van der Waals surface area contributed by atoms with E-state index in [1.165, 1.54) is 25.1 Å². The number of hydrogen-bond donors (Lipinski definition) is 2. The number of rotatable bonds is 6. The Kier molecular flexibility index (Phi) is 6.01. The molecule has 3 N–H and O–H groups in total. The predicted octanol–water partition coefficient (Wildman–Crippen LogP) is 2.23. The molecule has 1 atom stereocenters. The van der Waals surface area contributed by atoms with E-state index in [2.05, 4.69) is 5.32 Å². The molecule has 0 aromatic heterocycles. The third-order valence-corrected chi connectivity index (χ3v) is 3.83. The fraction of sp³-hybridized carbons (Fsp3) is 0.429. The van der Waals surface area contributed by atoms with E-state index in [0.29, 0.717) is 10.6 Å². The first-order valence-electron chi connectivity index (χ1n) is 6.29. The lowest BCUT2D eigenvalue weighted by molar-refractivity contribution is -0.126. The molecule has 20 heavy (non-hydrogen) atoms. The zero-order valence-corrected chi connectivity index (χ0v) is 12.6. The van der Waals surface area contributed by atoms with Gasteiger partial charge in [0.15, 0.2) is 5.78 Å². The Hall–Kier alpha value is -1.56. The molecule has 0 fully saturated rings. The van der Waals surface area contributed by atoms with Crippen molar-refractivity contribution in [3.05, 3.63) is 24.0 Å². The minimum absolute atomic E-state index is 0.0284. The summed E-state index contributed by atoms with van der Waals surface area (Å²) < 4.78 is 13.1. The second-order valence-electron chi connectivity index (χ2n) is 4.87. The molecular weight excluding hydrogens is 279 g/mol. The van der Waals surface area contributed by atoms with Gasteiger partial charge in [-0.15, -0.1) is 11.8 Å². The molecule has 0 heterocycles. The number of amides is 1. The van der Waals surface area contributed by atoms with Gasteiger partial charge < -0.3 is 11.1 Å². The SMILES string of the molecule is CC(=O)C(NC(=O)CSc1cc(F)ccc1N)C(C)C. The molecule has 0 radical (unpaired) electrons. The zero-order chi connectivity index (χ0) is 15.3. The summed E-state index contributed by atoms with van der Waals surface area (Å²) in [6.45, 7) is 5.18. The Bertz CT molecular complexity index is 506. The predicted molar refractivity (Wildman–Crippen MR) is 79.0 cm³/mol. The van der Waals surface area contributed by atoms with E-state index in [4.69, 9.17) is 5.73 Å². The molecule has 0 aliphatic rings. The average molecular weight is 298 g/mol. The summed E-state index contributed by atoms with van der Waals surface area (Å²) in [7, 11) is 0. The molecule has 110 valence electrons. The van der Waals surface area contributed by atoms with Gasteiger partial charge in [-0.05, 0) is 31.0 Å². The number of thioether (sulfide) groups is 1. The number of benzene rings is 1. The molecule has 0 bridgehead atoms. The highest BCUT2D eigenvalue weighted by Gasteiger charge is 2.20. The second-order valence-corrected chi connectivity index (χ2v) is 5.89. The topological polar surface area (TPSA) is 72.2 Å². The Labute approximate surface area is 122 Å². The Morgan fingerprint density at radius 1 is 1.40 bits per heavy atom. The second kappa shape index (κ2) is 7.28. The molecule has 0 saturated heterocycles. The van der Waals surface area contributed by atoms with E-state index in [-0.39, 0.29) is 23.4 Å². The molecule has 0 aliphatic carbocycles. The summed E-state index contributed by atoms with van der Waals surface area (Å²) in [6.07, 6.45) is 0. The number of anilines is 1. The number of carbonyl (C=O) groups excluding carboxylic acids is 2. The van der Waals surface area contributed by atoms with E-state index >= 15 is 0 Å². The van der Waals surface area contributed by atoms with E-state index in [9.17, 15) is 14.0 Å². The minimum Gasteiger partial charge on any atom is -0.398 e. The van der Waals surface area contributed by atoms with Crippen molar-refractivity contribution in [1.29, 1.82) is 0 Å². The van der Waals surface area contributed by atoms with Gasteiger partial charge in [-0.25, -0.2) is 4.39 Å². The van der Waals surface area contributed by atoms with Crippen LogP contribution in [0.15, 0.2) is 23.1 Å². The van der Waals surface area contributed by atoms with Crippen molar-refractivity contribution in [1.82, 2.24) is 5.32 Å². The van der Waals surface area contributed by atoms with Crippen LogP contribution in [0.5, 0.6) is 0 Å². The van der Waals surface area contributed by atoms with Gasteiger partial charge in [0.05, 0.1) is 11.8 Å². The number of nitrogens with one attached hydrogen (secondary N) is 1. The largest absolute Gasteiger partial charge is 0.398 e. The van der Waals surface area contributed by atoms with Crippen molar-refractivity contribution in [3.63, 3.8) is 0 Å². The molecule has 1 unspecified atom stereocenters. The van der Waals surface area contributed by atoms with Gasteiger partial charge in [0.25, 0.3) is 0 Å². The standard InChI is InChI=1S/C14H19FN2O2S/c1-8(2)14(9(3)18)17-13(19)7-20-12-6-10(15)4-5-11(12)16/h4-6,8,14H,7,16H2,1-3H3,(H,17,19). The summed E-state index contributed by atoms with van der Waals surface area (Å²) in [5, 5.41) is 2.68. The highest BCUT2D eigenvalue weighted by Crippen LogP contribution is 2.25. The number of halogens is 1. The van der Waals surface area contributed by atoms with Crippen LogP contribution in [0.25, 0.3) is 0 Å². The van der Waals surface area contributed by atoms with Crippen LogP contribution in [-0.2, 0) is 9.59 Å². The zero-order valence-electron chi connectivity index (χ0n) is 11.8. The average Bonchev–Trinajstić information content (AvgIpc) is 2.36. The summed E-state index contributed by atoms with van der Waals surface area (Å²) in [4.78, 5) is 23.7. The van der Waals surface area contributed by atoms with Crippen molar-refractivity contribution in [3.8, 4) is 0 Å². The summed E-state index contributed by atoms with van der Waals surface area (Å²) in [6, 6.07) is 3.53. The van der Waals surface area contributed by atoms with Gasteiger partial charge in [0.1, 0.15) is 5.82 Å². The van der Waals surface area contributed by atoms with Crippen LogP contribution in [0.4, 0.5) is 10.1 Å². The number of nitrogens with two attached hydrogens (primary N) is 1. The quantitative estimate of drug-likeness (QED) is 0.624. The summed E-state index contributed by atoms with van der Waals surface area (Å²) in [5.74, 6) is -0.632. The molecular formula is C14H19FN2O2S. The molecule has 4 nitrogen and oxygen atoms in total. The summed E-state index contributed by atoms with van der Waals surface area (Å²) >= 11 is 1.15. The number of nitrogen functional groups attached to an aromatic ring is 1. The molecule has 1 rings (SSSR count). The van der Waals surface area contributed by atoms with Gasteiger partial charge in [0, 0.05) is 10.6 Å². The van der Waals surface area contributed by atoms with Crippen LogP contribution in [-0.4, -0.2) is 23.5 Å². The first kappa shape index (κ1) is 16.5. The van der Waals surface area contributed by atoms with Gasteiger partial charge in [0.2, 0.25) is 5.91 Å². The Balaban J connectivity index is 2.59. The van der Waals surface area contributed by atoms with E-state index in [0.717, 1.165) is 11.8 Å². The van der Waals surface area contributed by atoms with Gasteiger partial charge >= 0.3 is 0 Å². The normalized spacial score (nSPS) is 12.2. The smallest absolute Gasteiger partial charge is 0.230 e. The maximum Gasteiger partial charge on any atom is 0.230 e. The summed E-state index contributed by atoms with van der Waals surface area (Å²) in [5.41, 5.74) is 6.13. The molecule has 0 saturated carbocycles. The number of carbonyl (C=O) groups is 2. The maximum atomic E-state index is 13.1. The Morgan fingerprint density at radius 2 is 2.05 bits per heavy atom. The fourth-order valence-corrected chi connectivity index (χ4v) is 2.53. The molecule has 1 aromatic rings. The van der Waals surface area contributed by atoms with E-state index < -0.39 is 11.9 Å². The first-order valence-corrected chi connectivity index (χ1v) is 7.27. The number of Topliss-reactive ketones (excluding diaryl/α,β-unsaturated/α-hetero) is 1. The highest BCUT2D eigenvalue weighted by atomic mass is 32.2. The lowest BCUT2D eigenvalue weighted by Gasteiger charge is -2.19. The van der Waals surface area contributed by atoms with Crippen molar-refractivity contribution in [2.24, 2.45) is 5.92 Å². The lowest BCUT2D eigenvalue weighted by atomic mass is 10.0. The maximum absolute atomic E-state index is 13.1. The van der Waals surface area contributed by atoms with E-state index in [1.807, 2.05) is 13.8 Å². The molecule has 6 heteroatoms. The first-order chi connectivity index (χ1) is 9.31. The third-order valence-electron chi connectivity index (χ3n) is 2.76. The minimum atomic E-state index is -0.493. The van der Waals surface area contributed by atoms with Crippen molar-refractivity contribution in [2.45, 2.75) is 31.7 Å². The fourth-order valence-electron chi connectivity index (χ4n) is 1.73. The monoisotopic (exact) mass is 298 g/mol. The van der Waals surface area contributed by atoms with Gasteiger partial charge in [-0.3, -0.25) is 9.59 Å². The Morgan fingerprint density at radius 3 is 2.60 bits per heavy atom. The number of ketones is 1. The van der Waals surface area contributed by atoms with Crippen LogP contribution >= 0.6 is 11.8 Å². The van der Waals surface area contributed by atoms with Crippen LogP contribution < -0.4 is 11.1 Å². The molecule has 1 amide bonds. The van der Waals surface area contributed by atoms with Crippen LogP contribution in [0, 0.1) is 11.7 Å². The molecule has 0 spiro atoms. The van der Waals surface area contributed by atoms with Crippen LogP contribution in [0.2, 0.25) is 0 Å². The van der Waals surface area contributed by atoms with Gasteiger partial charge in [-0.1, -0.05) is 13.8 Å². The van der Waals surface area contributed by atoms with Crippen LogP contribution in [0.3, 0.4) is 0 Å². The van der Waals surface area contributed by atoms with Crippen LogP contribution in [0.1, 0.15) is 20.8 Å². The van der Waals surface area contributed by atoms with Crippen molar-refractivity contribution >= 4 is 29.1 Å².